The minimum atomic E-state index is -4.43. The van der Waals surface area contributed by atoms with E-state index < -0.39 is 32.5 Å². The van der Waals surface area contributed by atoms with Gasteiger partial charge in [-0.25, -0.2) is 4.57 Å². The molecule has 0 saturated carbocycles. The molecule has 0 bridgehead atoms. The Morgan fingerprint density at radius 3 is 1.56 bits per heavy atom. The molecule has 0 fully saturated rings. The lowest BCUT2D eigenvalue weighted by Gasteiger charge is -2.24. The van der Waals surface area contributed by atoms with Crippen LogP contribution in [-0.4, -0.2) is 86.1 Å². The standard InChI is InChI=1S/C50H82NO9P/c1-6-8-10-11-12-13-14-15-16-17-18-19-20-21-25-28-31-34-37-41-49(53)57-45-48(46-59-61(55,56)58-44-43-51(3,4)5)60-50(54)42-38-35-32-29-26-23-22-24-27-30-33-36-40-47(52)39-9-7-2/h12-13,15-16,18-19,21-23,25,27,29-32,34,36,40,47-48,52H,6-11,14,17,20,24,26,28,33,35,37-39,41-46H2,1-5H3/p+1/b13-12-,16-15-,19-18-,23-22-,25-21-,30-27-,32-29-,34-31-,40-36-/t47-,48-/m1/s1. The number of phosphoric ester groups is 1. The second kappa shape index (κ2) is 40.7. The monoisotopic (exact) mass is 873 g/mol. The van der Waals surface area contributed by atoms with Crippen molar-refractivity contribution < 1.29 is 47.2 Å². The molecule has 0 aliphatic rings. The van der Waals surface area contributed by atoms with Crippen LogP contribution in [-0.2, 0) is 32.7 Å². The molecule has 2 N–H and O–H groups in total. The Morgan fingerprint density at radius 1 is 0.574 bits per heavy atom. The Bertz CT molecular complexity index is 1420. The van der Waals surface area contributed by atoms with E-state index >= 15 is 0 Å². The van der Waals surface area contributed by atoms with Crippen molar-refractivity contribution in [1.29, 1.82) is 0 Å². The van der Waals surface area contributed by atoms with Crippen LogP contribution in [0.4, 0.5) is 0 Å². The van der Waals surface area contributed by atoms with Gasteiger partial charge in [-0.1, -0.05) is 149 Å². The lowest BCUT2D eigenvalue weighted by Crippen LogP contribution is -2.37. The fourth-order valence-corrected chi connectivity index (χ4v) is 5.98. The zero-order chi connectivity index (χ0) is 45.1. The summed E-state index contributed by atoms with van der Waals surface area (Å²) in [6.45, 7) is 4.04. The van der Waals surface area contributed by atoms with Gasteiger partial charge >= 0.3 is 19.8 Å². The molecule has 0 amide bonds. The van der Waals surface area contributed by atoms with E-state index in [1.54, 1.807) is 0 Å². The normalized spacial score (nSPS) is 15.1. The molecule has 1 unspecified atom stereocenters. The molecule has 61 heavy (non-hydrogen) atoms. The zero-order valence-corrected chi connectivity index (χ0v) is 39.4. The highest BCUT2D eigenvalue weighted by molar-refractivity contribution is 7.47. The van der Waals surface area contributed by atoms with E-state index in [2.05, 4.69) is 86.8 Å². The number of unbranched alkanes of at least 4 members (excludes halogenated alkanes) is 5. The van der Waals surface area contributed by atoms with Crippen LogP contribution in [0.3, 0.4) is 0 Å². The van der Waals surface area contributed by atoms with Gasteiger partial charge < -0.3 is 24.0 Å². The average Bonchev–Trinajstić information content (AvgIpc) is 3.21. The molecule has 0 aromatic carbocycles. The third-order valence-electron chi connectivity index (χ3n) is 8.86. The summed E-state index contributed by atoms with van der Waals surface area (Å²) in [5.41, 5.74) is 0. The van der Waals surface area contributed by atoms with E-state index in [-0.39, 0.29) is 32.2 Å². The number of quaternary nitrogens is 1. The molecule has 11 heteroatoms. The topological polar surface area (TPSA) is 129 Å². The second-order valence-electron chi connectivity index (χ2n) is 15.9. The summed E-state index contributed by atoms with van der Waals surface area (Å²) in [6, 6.07) is 0. The number of allylic oxidation sites excluding steroid dienone is 17. The van der Waals surface area contributed by atoms with Crippen molar-refractivity contribution in [2.45, 2.75) is 148 Å². The van der Waals surface area contributed by atoms with Crippen molar-refractivity contribution >= 4 is 19.8 Å². The van der Waals surface area contributed by atoms with Gasteiger partial charge in [0.25, 0.3) is 0 Å². The number of carbonyl (C=O) groups is 2. The number of rotatable bonds is 39. The first-order valence-electron chi connectivity index (χ1n) is 22.7. The average molecular weight is 873 g/mol. The quantitative estimate of drug-likeness (QED) is 0.0204. The summed E-state index contributed by atoms with van der Waals surface area (Å²) in [7, 11) is 1.36. The van der Waals surface area contributed by atoms with Crippen molar-refractivity contribution in [1.82, 2.24) is 0 Å². The van der Waals surface area contributed by atoms with E-state index in [1.807, 2.05) is 57.6 Å². The van der Waals surface area contributed by atoms with Crippen molar-refractivity contribution in [2.75, 3.05) is 47.5 Å². The number of carbonyl (C=O) groups excluding carboxylic acids is 2. The van der Waals surface area contributed by atoms with Gasteiger partial charge in [-0.15, -0.1) is 0 Å². The lowest BCUT2D eigenvalue weighted by atomic mass is 10.1. The van der Waals surface area contributed by atoms with E-state index in [4.69, 9.17) is 18.5 Å². The molecule has 0 saturated heterocycles. The Morgan fingerprint density at radius 2 is 1.05 bits per heavy atom. The van der Waals surface area contributed by atoms with Crippen LogP contribution in [0.5, 0.6) is 0 Å². The number of aliphatic hydroxyl groups excluding tert-OH is 1. The minimum Gasteiger partial charge on any atom is -0.462 e. The molecule has 0 radical (unpaired) electrons. The maximum absolute atomic E-state index is 12.7. The Hall–Kier alpha value is -3.37. The van der Waals surface area contributed by atoms with E-state index in [1.165, 1.54) is 25.7 Å². The first-order chi connectivity index (χ1) is 29.4. The molecule has 0 aromatic heterocycles. The maximum Gasteiger partial charge on any atom is 0.472 e. The van der Waals surface area contributed by atoms with Gasteiger partial charge in [0.2, 0.25) is 0 Å². The van der Waals surface area contributed by atoms with Crippen LogP contribution in [0.15, 0.2) is 109 Å². The minimum absolute atomic E-state index is 0.00340. The van der Waals surface area contributed by atoms with Gasteiger partial charge in [0.05, 0.1) is 33.9 Å². The van der Waals surface area contributed by atoms with Crippen LogP contribution in [0.25, 0.3) is 0 Å². The van der Waals surface area contributed by atoms with Crippen molar-refractivity contribution in [3.8, 4) is 0 Å². The summed E-state index contributed by atoms with van der Waals surface area (Å²) in [5, 5.41) is 9.83. The Balaban J connectivity index is 4.61. The van der Waals surface area contributed by atoms with Gasteiger partial charge in [-0.3, -0.25) is 18.6 Å². The van der Waals surface area contributed by atoms with Gasteiger partial charge in [-0.2, -0.15) is 0 Å². The smallest absolute Gasteiger partial charge is 0.462 e. The highest BCUT2D eigenvalue weighted by atomic mass is 31.2. The fraction of sp³-hybridized carbons (Fsp3) is 0.600. The molecule has 346 valence electrons. The highest BCUT2D eigenvalue weighted by Crippen LogP contribution is 2.43. The third kappa shape index (κ3) is 44.5. The molecule has 10 nitrogen and oxygen atoms in total. The third-order valence-corrected chi connectivity index (χ3v) is 9.84. The van der Waals surface area contributed by atoms with Gasteiger partial charge in [0, 0.05) is 12.8 Å². The highest BCUT2D eigenvalue weighted by Gasteiger charge is 2.27. The van der Waals surface area contributed by atoms with Crippen LogP contribution in [0.2, 0.25) is 0 Å². The van der Waals surface area contributed by atoms with Crippen molar-refractivity contribution in [2.24, 2.45) is 0 Å². The summed E-state index contributed by atoms with van der Waals surface area (Å²) < 4.78 is 34.1. The number of phosphoric acid groups is 1. The molecular formula is C50H83NO9P+. The number of aliphatic hydroxyl groups is 1. The zero-order valence-electron chi connectivity index (χ0n) is 38.5. The van der Waals surface area contributed by atoms with Crippen LogP contribution < -0.4 is 0 Å². The molecule has 0 aromatic rings. The number of hydrogen-bond donors (Lipinski definition) is 2. The number of ether oxygens (including phenoxy) is 2. The van der Waals surface area contributed by atoms with Crippen LogP contribution >= 0.6 is 7.82 Å². The van der Waals surface area contributed by atoms with Crippen LogP contribution in [0.1, 0.15) is 136 Å². The first-order valence-corrected chi connectivity index (χ1v) is 24.2. The molecule has 0 rings (SSSR count). The number of esters is 2. The Kier molecular flexibility index (Phi) is 38.4. The number of hydrogen-bond acceptors (Lipinski definition) is 8. The molecular weight excluding hydrogens is 790 g/mol. The van der Waals surface area contributed by atoms with Gasteiger partial charge in [-0.05, 0) is 83.5 Å². The Labute approximate surface area is 370 Å². The number of nitrogens with zero attached hydrogens (tertiary/aromatic N) is 1. The second-order valence-corrected chi connectivity index (χ2v) is 17.3. The van der Waals surface area contributed by atoms with Crippen molar-refractivity contribution in [3.05, 3.63) is 109 Å². The summed E-state index contributed by atoms with van der Waals surface area (Å²) in [6.07, 6.45) is 52.1. The summed E-state index contributed by atoms with van der Waals surface area (Å²) in [5.74, 6) is -0.996. The van der Waals surface area contributed by atoms with E-state index in [9.17, 15) is 24.2 Å². The van der Waals surface area contributed by atoms with Crippen molar-refractivity contribution in [3.63, 3.8) is 0 Å². The van der Waals surface area contributed by atoms with E-state index in [0.717, 1.165) is 64.2 Å². The SMILES string of the molecule is CCCCC/C=C\C/C=C\C/C=C\C/C=C\C/C=C\CCC(=O)OC[C@H](COP(=O)(O)OCC[N+](C)(C)C)OC(=O)CCC/C=C\C/C=C\C/C=C\C/C=C\[C@H](O)CCCC. The van der Waals surface area contributed by atoms with Gasteiger partial charge in [0.15, 0.2) is 6.10 Å². The number of likely N-dealkylation sites (N-methyl/N-ethyl adjacent to an activating group) is 1. The van der Waals surface area contributed by atoms with Gasteiger partial charge in [0.1, 0.15) is 19.8 Å². The van der Waals surface area contributed by atoms with Crippen LogP contribution in [0, 0.1) is 0 Å². The largest absolute Gasteiger partial charge is 0.472 e. The van der Waals surface area contributed by atoms with E-state index in [0.29, 0.717) is 30.3 Å². The molecule has 0 aliphatic carbocycles. The lowest BCUT2D eigenvalue weighted by molar-refractivity contribution is -0.870. The molecule has 3 atom stereocenters. The molecule has 0 aliphatic heterocycles. The fourth-order valence-electron chi connectivity index (χ4n) is 5.24. The summed E-state index contributed by atoms with van der Waals surface area (Å²) in [4.78, 5) is 35.3. The predicted molar refractivity (Wildman–Crippen MR) is 253 cm³/mol. The summed E-state index contributed by atoms with van der Waals surface area (Å²) >= 11 is 0. The molecule has 0 spiro atoms. The maximum atomic E-state index is 12.7. The molecule has 0 heterocycles. The predicted octanol–water partition coefficient (Wildman–Crippen LogP) is 12.1. The first kappa shape index (κ1) is 57.6.